The Hall–Kier alpha value is -2.22. The Bertz CT molecular complexity index is 1360. The topological polar surface area (TPSA) is 216 Å². The Balaban J connectivity index is 4.66. The molecule has 0 fully saturated rings. The van der Waals surface area contributed by atoms with Crippen LogP contribution < -0.4 is 0 Å². The molecule has 2 unspecified atom stereocenters. The Morgan fingerprint density at radius 1 is 0.548 bits per heavy atom. The number of rotatable bonds is 42. The second kappa shape index (κ2) is 40.3. The van der Waals surface area contributed by atoms with Crippen molar-refractivity contribution in [2.24, 2.45) is 5.92 Å². The van der Waals surface area contributed by atoms with Crippen molar-refractivity contribution < 1.29 is 66.7 Å². The maximum atomic E-state index is 12.7. The molecule has 0 amide bonds. The molecule has 0 aromatic heterocycles. The van der Waals surface area contributed by atoms with Crippen LogP contribution in [0.2, 0.25) is 0 Å². The quantitative estimate of drug-likeness (QED) is 0.0127. The van der Waals surface area contributed by atoms with Crippen LogP contribution in [-0.2, 0) is 41.8 Å². The smallest absolute Gasteiger partial charge is 0.462 e. The van der Waals surface area contributed by atoms with E-state index in [1.807, 2.05) is 12.2 Å². The molecule has 0 aliphatic rings. The van der Waals surface area contributed by atoms with Crippen LogP contribution in [-0.4, -0.2) is 81.6 Å². The normalized spacial score (nSPS) is 15.1. The highest BCUT2D eigenvalue weighted by Crippen LogP contribution is 2.43. The van der Waals surface area contributed by atoms with Gasteiger partial charge in [-0.2, -0.15) is 0 Å². The van der Waals surface area contributed by atoms with Gasteiger partial charge in [0.2, 0.25) is 0 Å². The number of allylic oxidation sites excluding steroid dienone is 9. The molecule has 14 nitrogen and oxygen atoms in total. The van der Waals surface area contributed by atoms with E-state index in [-0.39, 0.29) is 25.7 Å². The predicted octanol–water partition coefficient (Wildman–Crippen LogP) is 10.8. The Morgan fingerprint density at radius 3 is 1.58 bits per heavy atom. The van der Waals surface area contributed by atoms with E-state index < -0.39 is 72.3 Å². The number of aliphatic hydroxyl groups is 2. The molecule has 0 aliphatic heterocycles. The number of carbonyl (C=O) groups excluding carboxylic acids is 2. The number of phosphoric acid groups is 2. The predicted molar refractivity (Wildman–Crippen MR) is 245 cm³/mol. The molecule has 0 aliphatic carbocycles. The molecular weight excluding hydrogens is 838 g/mol. The lowest BCUT2D eigenvalue weighted by Gasteiger charge is -2.20. The van der Waals surface area contributed by atoms with Crippen LogP contribution in [0.15, 0.2) is 60.8 Å². The third kappa shape index (κ3) is 44.4. The summed E-state index contributed by atoms with van der Waals surface area (Å²) < 4.78 is 47.7. The van der Waals surface area contributed by atoms with E-state index in [9.17, 15) is 33.8 Å². The lowest BCUT2D eigenvalue weighted by atomic mass is 10.0. The standard InChI is InChI=1S/C46H82O14P2/c1-4-5-6-7-8-9-10-13-17-20-23-26-29-33-42(47)34-31-36-46(50)60-44(40-59-62(54,55)58-38-43(48)37-57-61(51,52)53)39-56-45(49)35-30-27-24-21-18-15-12-11-14-16-19-22-25-28-32-41(2)3/h5-6,8-9,13,17,23,26,29,33,41-44,47-48H,4,7,10-12,14-16,18-22,24-25,27-28,30-32,34-40H2,1-3H3,(H,54,55)(H2,51,52,53)/b6-5-,9-8-,17-13-,26-23-,33-29+/t42?,43-,44+/m0/s1. The molecule has 5 N–H and O–H groups in total. The highest BCUT2D eigenvalue weighted by Gasteiger charge is 2.28. The summed E-state index contributed by atoms with van der Waals surface area (Å²) in [4.78, 5) is 52.8. The first-order chi connectivity index (χ1) is 29.6. The number of phosphoric ester groups is 2. The van der Waals surface area contributed by atoms with E-state index in [0.717, 1.165) is 50.9 Å². The van der Waals surface area contributed by atoms with Crippen LogP contribution in [0.3, 0.4) is 0 Å². The van der Waals surface area contributed by atoms with Crippen molar-refractivity contribution in [3.8, 4) is 0 Å². The summed E-state index contributed by atoms with van der Waals surface area (Å²) in [5.41, 5.74) is 0. The second-order valence-electron chi connectivity index (χ2n) is 16.0. The molecule has 4 atom stereocenters. The average molecular weight is 921 g/mol. The van der Waals surface area contributed by atoms with Crippen LogP contribution >= 0.6 is 15.6 Å². The van der Waals surface area contributed by atoms with Gasteiger partial charge in [-0.05, 0) is 50.9 Å². The molecule has 360 valence electrons. The minimum absolute atomic E-state index is 0.100. The molecule has 0 saturated carbocycles. The van der Waals surface area contributed by atoms with E-state index in [0.29, 0.717) is 6.42 Å². The fourth-order valence-electron chi connectivity index (χ4n) is 5.97. The van der Waals surface area contributed by atoms with Gasteiger partial charge in [0, 0.05) is 12.8 Å². The van der Waals surface area contributed by atoms with Gasteiger partial charge >= 0.3 is 27.6 Å². The summed E-state index contributed by atoms with van der Waals surface area (Å²) >= 11 is 0. The monoisotopic (exact) mass is 921 g/mol. The van der Waals surface area contributed by atoms with Crippen LogP contribution in [0.1, 0.15) is 168 Å². The van der Waals surface area contributed by atoms with Crippen molar-refractivity contribution in [2.75, 3.05) is 26.4 Å². The van der Waals surface area contributed by atoms with Gasteiger partial charge in [0.05, 0.1) is 25.9 Å². The summed E-state index contributed by atoms with van der Waals surface area (Å²) in [5.74, 6) is -0.432. The molecule has 0 heterocycles. The number of ether oxygens (including phenoxy) is 2. The molecule has 0 saturated heterocycles. The molecule has 0 spiro atoms. The number of aliphatic hydroxyl groups excluding tert-OH is 2. The number of hydrogen-bond acceptors (Lipinski definition) is 11. The molecular formula is C46H82O14P2. The first-order valence-electron chi connectivity index (χ1n) is 22.9. The molecule has 0 rings (SSSR count). The van der Waals surface area contributed by atoms with Crippen LogP contribution in [0.5, 0.6) is 0 Å². The molecule has 0 aromatic rings. The summed E-state index contributed by atoms with van der Waals surface area (Å²) in [6.07, 6.45) is 38.2. The Labute approximate surface area is 373 Å². The van der Waals surface area contributed by atoms with Gasteiger partial charge in [0.15, 0.2) is 6.10 Å². The van der Waals surface area contributed by atoms with Gasteiger partial charge in [-0.25, -0.2) is 9.13 Å². The van der Waals surface area contributed by atoms with Crippen LogP contribution in [0.25, 0.3) is 0 Å². The zero-order valence-electron chi connectivity index (χ0n) is 38.0. The lowest BCUT2D eigenvalue weighted by molar-refractivity contribution is -0.161. The van der Waals surface area contributed by atoms with Gasteiger partial charge < -0.3 is 34.4 Å². The summed E-state index contributed by atoms with van der Waals surface area (Å²) in [6.45, 7) is 3.76. The van der Waals surface area contributed by atoms with E-state index in [1.54, 1.807) is 12.2 Å². The highest BCUT2D eigenvalue weighted by molar-refractivity contribution is 7.47. The van der Waals surface area contributed by atoms with Crippen LogP contribution in [0, 0.1) is 5.92 Å². The van der Waals surface area contributed by atoms with Crippen molar-refractivity contribution in [2.45, 2.75) is 187 Å². The van der Waals surface area contributed by atoms with E-state index in [1.165, 1.54) is 70.6 Å². The third-order valence-electron chi connectivity index (χ3n) is 9.44. The van der Waals surface area contributed by atoms with Crippen LogP contribution in [0.4, 0.5) is 0 Å². The van der Waals surface area contributed by atoms with Crippen molar-refractivity contribution in [1.29, 1.82) is 0 Å². The zero-order chi connectivity index (χ0) is 46.2. The minimum atomic E-state index is -4.89. The molecule has 16 heteroatoms. The van der Waals surface area contributed by atoms with Crippen molar-refractivity contribution in [1.82, 2.24) is 0 Å². The molecule has 0 bridgehead atoms. The fraction of sp³-hybridized carbons (Fsp3) is 0.739. The Morgan fingerprint density at radius 2 is 1.03 bits per heavy atom. The first-order valence-corrected chi connectivity index (χ1v) is 26.0. The largest absolute Gasteiger partial charge is 0.472 e. The average Bonchev–Trinajstić information content (AvgIpc) is 3.21. The van der Waals surface area contributed by atoms with Crippen molar-refractivity contribution in [3.05, 3.63) is 60.8 Å². The second-order valence-corrected chi connectivity index (χ2v) is 18.7. The SMILES string of the molecule is CC/C=C\C/C=C\C/C=C\C/C=C\C=C\C(O)CCCC(=O)O[C@H](COC(=O)CCCCCCCCCCCCCCCCC(C)C)COP(=O)(O)OC[C@@H](O)COP(=O)(O)O. The highest BCUT2D eigenvalue weighted by atomic mass is 31.2. The molecule has 0 radical (unpaired) electrons. The summed E-state index contributed by atoms with van der Waals surface area (Å²) in [6, 6.07) is 0. The molecule has 62 heavy (non-hydrogen) atoms. The van der Waals surface area contributed by atoms with Gasteiger partial charge in [-0.15, -0.1) is 0 Å². The maximum absolute atomic E-state index is 12.7. The van der Waals surface area contributed by atoms with E-state index in [4.69, 9.17) is 23.8 Å². The third-order valence-corrected chi connectivity index (χ3v) is 10.9. The van der Waals surface area contributed by atoms with Crippen molar-refractivity contribution in [3.63, 3.8) is 0 Å². The first kappa shape index (κ1) is 59.8. The number of esters is 2. The van der Waals surface area contributed by atoms with Gasteiger partial charge in [-0.3, -0.25) is 23.2 Å². The number of carbonyl (C=O) groups is 2. The van der Waals surface area contributed by atoms with E-state index in [2.05, 4.69) is 66.3 Å². The minimum Gasteiger partial charge on any atom is -0.462 e. The van der Waals surface area contributed by atoms with Gasteiger partial charge in [0.1, 0.15) is 12.7 Å². The Kier molecular flexibility index (Phi) is 38.9. The maximum Gasteiger partial charge on any atom is 0.472 e. The zero-order valence-corrected chi connectivity index (χ0v) is 39.8. The lowest BCUT2D eigenvalue weighted by Crippen LogP contribution is -2.30. The van der Waals surface area contributed by atoms with Crippen molar-refractivity contribution >= 4 is 27.6 Å². The summed E-state index contributed by atoms with van der Waals surface area (Å²) in [5, 5.41) is 20.1. The number of unbranched alkanes of at least 4 members (excludes halogenated alkanes) is 13. The van der Waals surface area contributed by atoms with Gasteiger partial charge in [0.25, 0.3) is 0 Å². The van der Waals surface area contributed by atoms with E-state index >= 15 is 0 Å². The molecule has 0 aromatic carbocycles. The fourth-order valence-corrected chi connectivity index (χ4v) is 7.13. The number of hydrogen-bond donors (Lipinski definition) is 5. The van der Waals surface area contributed by atoms with Gasteiger partial charge in [-0.1, -0.05) is 171 Å². The summed E-state index contributed by atoms with van der Waals surface area (Å²) in [7, 11) is -9.75.